The molecule has 0 fully saturated rings. The third-order valence-electron chi connectivity index (χ3n) is 5.61. The van der Waals surface area contributed by atoms with Crippen molar-refractivity contribution in [1.29, 1.82) is 0 Å². The molecule has 1 aliphatic carbocycles. The lowest BCUT2D eigenvalue weighted by molar-refractivity contribution is -0.152. The monoisotopic (exact) mass is 448 g/mol. The summed E-state index contributed by atoms with van der Waals surface area (Å²) in [5.74, 6) is -0.767. The fraction of sp³-hybridized carbons (Fsp3) is 0.391. The van der Waals surface area contributed by atoms with Gasteiger partial charge in [-0.25, -0.2) is 4.79 Å². The number of allylic oxidation sites excluding steroid dienone is 3. The fourth-order valence-electron chi connectivity index (χ4n) is 3.75. The number of aliphatic hydroxyl groups excluding tert-OH is 1. The summed E-state index contributed by atoms with van der Waals surface area (Å²) < 4.78 is 21.8. The number of fused-ring (bicyclic) bond motifs is 1. The summed E-state index contributed by atoms with van der Waals surface area (Å²) >= 11 is 6.29. The molecule has 0 saturated heterocycles. The Balaban J connectivity index is 1.97. The molecule has 1 aliphatic heterocycles. The maximum absolute atomic E-state index is 13.1. The Labute approximate surface area is 185 Å². The molecule has 0 unspecified atom stereocenters. The minimum absolute atomic E-state index is 0.0551. The molecule has 1 heterocycles. The van der Waals surface area contributed by atoms with Gasteiger partial charge in [0.15, 0.2) is 5.60 Å². The van der Waals surface area contributed by atoms with Gasteiger partial charge in [-0.1, -0.05) is 17.7 Å². The van der Waals surface area contributed by atoms with Crippen molar-refractivity contribution >= 4 is 23.4 Å². The van der Waals surface area contributed by atoms with Crippen LogP contribution in [0, 0.1) is 12.8 Å². The first-order valence-corrected chi connectivity index (χ1v) is 10.1. The highest BCUT2D eigenvalue weighted by atomic mass is 35.5. The number of ketones is 1. The second-order valence-electron chi connectivity index (χ2n) is 7.51. The number of esters is 1. The molecule has 3 rings (SSSR count). The minimum atomic E-state index is -1.80. The smallest absolute Gasteiger partial charge is 0.343 e. The van der Waals surface area contributed by atoms with E-state index >= 15 is 0 Å². The summed E-state index contributed by atoms with van der Waals surface area (Å²) in [6, 6.07) is 1.47. The van der Waals surface area contributed by atoms with Crippen LogP contribution in [0.5, 0.6) is 11.5 Å². The molecule has 8 heteroatoms. The number of ether oxygens (including phenoxy) is 4. The molecule has 166 valence electrons. The van der Waals surface area contributed by atoms with E-state index < -0.39 is 29.4 Å². The highest BCUT2D eigenvalue weighted by Crippen LogP contribution is 2.40. The lowest BCUT2D eigenvalue weighted by Crippen LogP contribution is -2.57. The molecule has 1 aromatic rings. The molecular weight excluding hydrogens is 424 g/mol. The first-order chi connectivity index (χ1) is 14.7. The van der Waals surface area contributed by atoms with Crippen molar-refractivity contribution in [2.24, 2.45) is 5.92 Å². The number of hydrogen-bond acceptors (Lipinski definition) is 7. The largest absolute Gasteiger partial charge is 0.496 e. The van der Waals surface area contributed by atoms with Crippen molar-refractivity contribution in [3.8, 4) is 11.5 Å². The summed E-state index contributed by atoms with van der Waals surface area (Å²) in [5, 5.41) is 11.2. The first kappa shape index (κ1) is 22.9. The molecule has 0 bridgehead atoms. The van der Waals surface area contributed by atoms with Gasteiger partial charge in [-0.05, 0) is 50.1 Å². The summed E-state index contributed by atoms with van der Waals surface area (Å²) in [4.78, 5) is 26.1. The molecule has 1 aromatic carbocycles. The summed E-state index contributed by atoms with van der Waals surface area (Å²) in [7, 11) is 2.84. The Hall–Kier alpha value is -2.77. The van der Waals surface area contributed by atoms with Crippen LogP contribution in [0.15, 0.2) is 41.7 Å². The standard InChI is InChI=1S/C23H25ClO7/c1-6-7-14-8-13-9-18(25)23(3,21(26)15(13)11-30-14)31-22(27)19-12(2)20(24)17(29-5)10-16(19)28-4/h6-10,15,21,26H,11H2,1-5H3/b7-6-/t15-,21+,23+/m1/s1. The number of carbonyl (C=O) groups excluding carboxylic acids is 2. The quantitative estimate of drug-likeness (QED) is 0.688. The molecular formula is C23H25ClO7. The normalized spacial score (nSPS) is 25.3. The van der Waals surface area contributed by atoms with Crippen LogP contribution in [-0.4, -0.2) is 49.4 Å². The van der Waals surface area contributed by atoms with Crippen molar-refractivity contribution in [2.45, 2.75) is 32.5 Å². The minimum Gasteiger partial charge on any atom is -0.496 e. The van der Waals surface area contributed by atoms with E-state index in [1.807, 2.05) is 13.0 Å². The molecule has 2 aliphatic rings. The molecule has 0 amide bonds. The zero-order chi connectivity index (χ0) is 22.9. The van der Waals surface area contributed by atoms with E-state index in [-0.39, 0.29) is 22.9 Å². The third kappa shape index (κ3) is 3.95. The molecule has 0 spiro atoms. The maximum atomic E-state index is 13.1. The molecule has 0 radical (unpaired) electrons. The number of halogens is 1. The van der Waals surface area contributed by atoms with Crippen LogP contribution in [0.25, 0.3) is 0 Å². The number of rotatable bonds is 5. The average molecular weight is 449 g/mol. The zero-order valence-corrected chi connectivity index (χ0v) is 18.8. The Morgan fingerprint density at radius 1 is 1.29 bits per heavy atom. The van der Waals surface area contributed by atoms with Gasteiger partial charge in [0.05, 0.1) is 25.8 Å². The Kier molecular flexibility index (Phi) is 6.48. The van der Waals surface area contributed by atoms with Crippen LogP contribution in [0.4, 0.5) is 0 Å². The van der Waals surface area contributed by atoms with E-state index in [1.165, 1.54) is 33.3 Å². The van der Waals surface area contributed by atoms with Gasteiger partial charge < -0.3 is 24.1 Å². The van der Waals surface area contributed by atoms with Crippen LogP contribution < -0.4 is 9.47 Å². The van der Waals surface area contributed by atoms with Crippen molar-refractivity contribution in [3.63, 3.8) is 0 Å². The summed E-state index contributed by atoms with van der Waals surface area (Å²) in [6.45, 7) is 5.01. The second-order valence-corrected chi connectivity index (χ2v) is 7.89. The Morgan fingerprint density at radius 3 is 2.58 bits per heavy atom. The molecule has 31 heavy (non-hydrogen) atoms. The molecule has 7 nitrogen and oxygen atoms in total. The van der Waals surface area contributed by atoms with E-state index in [1.54, 1.807) is 19.1 Å². The van der Waals surface area contributed by atoms with Crippen LogP contribution in [0.2, 0.25) is 5.02 Å². The van der Waals surface area contributed by atoms with Gasteiger partial charge in [-0.15, -0.1) is 0 Å². The van der Waals surface area contributed by atoms with Crippen LogP contribution >= 0.6 is 11.6 Å². The number of methoxy groups -OCH3 is 2. The van der Waals surface area contributed by atoms with Crippen LogP contribution in [0.3, 0.4) is 0 Å². The van der Waals surface area contributed by atoms with E-state index in [0.29, 0.717) is 22.6 Å². The van der Waals surface area contributed by atoms with Gasteiger partial charge in [-0.3, -0.25) is 4.79 Å². The predicted octanol–water partition coefficient (Wildman–Crippen LogP) is 3.56. The SMILES string of the molecule is C/C=C\C1=CC2=CC(=O)[C@](C)(OC(=O)c3c(OC)cc(OC)c(Cl)c3C)[C@@H](O)[C@@H]2CO1. The highest BCUT2D eigenvalue weighted by molar-refractivity contribution is 6.33. The maximum Gasteiger partial charge on any atom is 0.343 e. The number of aliphatic hydroxyl groups is 1. The topological polar surface area (TPSA) is 91.3 Å². The fourth-order valence-corrected chi connectivity index (χ4v) is 3.98. The number of hydrogen-bond donors (Lipinski definition) is 1. The van der Waals surface area contributed by atoms with Gasteiger partial charge in [0.2, 0.25) is 5.78 Å². The zero-order valence-electron chi connectivity index (χ0n) is 18.0. The predicted molar refractivity (Wildman–Crippen MR) is 115 cm³/mol. The van der Waals surface area contributed by atoms with Gasteiger partial charge >= 0.3 is 5.97 Å². The van der Waals surface area contributed by atoms with Gasteiger partial charge in [-0.2, -0.15) is 0 Å². The number of carbonyl (C=O) groups is 2. The molecule has 1 N–H and O–H groups in total. The van der Waals surface area contributed by atoms with Crippen molar-refractivity contribution in [3.05, 3.63) is 57.9 Å². The third-order valence-corrected chi connectivity index (χ3v) is 6.08. The summed E-state index contributed by atoms with van der Waals surface area (Å²) in [5.41, 5.74) is -0.740. The van der Waals surface area contributed by atoms with Gasteiger partial charge in [0.25, 0.3) is 0 Å². The second kappa shape index (κ2) is 8.77. The molecule has 0 saturated carbocycles. The van der Waals surface area contributed by atoms with Crippen LogP contribution in [-0.2, 0) is 14.3 Å². The van der Waals surface area contributed by atoms with E-state index in [2.05, 4.69) is 0 Å². The highest BCUT2D eigenvalue weighted by Gasteiger charge is 2.52. The van der Waals surface area contributed by atoms with Crippen LogP contribution in [0.1, 0.15) is 29.8 Å². The van der Waals surface area contributed by atoms with Gasteiger partial charge in [0, 0.05) is 12.0 Å². The Morgan fingerprint density at radius 2 is 1.97 bits per heavy atom. The van der Waals surface area contributed by atoms with Crippen molar-refractivity contribution in [1.82, 2.24) is 0 Å². The van der Waals surface area contributed by atoms with E-state index in [0.717, 1.165) is 0 Å². The van der Waals surface area contributed by atoms with Gasteiger partial charge in [0.1, 0.15) is 28.9 Å². The first-order valence-electron chi connectivity index (χ1n) is 9.73. The molecule has 3 atom stereocenters. The summed E-state index contributed by atoms with van der Waals surface area (Å²) in [6.07, 6.45) is 5.38. The Bertz CT molecular complexity index is 1010. The van der Waals surface area contributed by atoms with Crippen molar-refractivity contribution in [2.75, 3.05) is 20.8 Å². The molecule has 0 aromatic heterocycles. The van der Waals surface area contributed by atoms with Crippen molar-refractivity contribution < 1.29 is 33.6 Å². The van der Waals surface area contributed by atoms with E-state index in [9.17, 15) is 14.7 Å². The lowest BCUT2D eigenvalue weighted by Gasteiger charge is -2.41. The lowest BCUT2D eigenvalue weighted by atomic mass is 9.74. The van der Waals surface area contributed by atoms with E-state index in [4.69, 9.17) is 30.5 Å². The average Bonchev–Trinajstić information content (AvgIpc) is 2.74. The number of benzene rings is 1.